The second kappa shape index (κ2) is 7.57. The zero-order valence-corrected chi connectivity index (χ0v) is 13.1. The van der Waals surface area contributed by atoms with Crippen molar-refractivity contribution in [3.63, 3.8) is 0 Å². The van der Waals surface area contributed by atoms with Crippen LogP contribution in [0.15, 0.2) is 30.3 Å². The lowest BCUT2D eigenvalue weighted by Gasteiger charge is -2.25. The van der Waals surface area contributed by atoms with E-state index in [1.54, 1.807) is 0 Å². The number of carbonyl (C=O) groups is 1. The van der Waals surface area contributed by atoms with E-state index in [0.717, 1.165) is 19.5 Å². The van der Waals surface area contributed by atoms with Crippen molar-refractivity contribution in [1.82, 2.24) is 10.2 Å². The summed E-state index contributed by atoms with van der Waals surface area (Å²) in [5.74, 6) is 0.144. The molecule has 0 aliphatic carbocycles. The molecular weight excluding hydrogens is 262 g/mol. The first-order chi connectivity index (χ1) is 10.1. The zero-order chi connectivity index (χ0) is 15.2. The molecule has 1 saturated heterocycles. The van der Waals surface area contributed by atoms with Crippen LogP contribution >= 0.6 is 0 Å². The maximum absolute atomic E-state index is 12.0. The quantitative estimate of drug-likeness (QED) is 0.839. The third kappa shape index (κ3) is 4.55. The van der Waals surface area contributed by atoms with E-state index in [9.17, 15) is 4.79 Å². The first kappa shape index (κ1) is 16.0. The molecule has 1 unspecified atom stereocenters. The number of likely N-dealkylation sites (tertiary alicyclic amines) is 1. The largest absolute Gasteiger partial charge is 0.353 e. The molecule has 1 heterocycles. The predicted octanol–water partition coefficient (Wildman–Crippen LogP) is 1.75. The average Bonchev–Trinajstić information content (AvgIpc) is 2.92. The number of carbonyl (C=O) groups excluding carboxylic acids is 1. The summed E-state index contributed by atoms with van der Waals surface area (Å²) in [7, 11) is 0. The minimum atomic E-state index is -0.408. The number of hydrogen-bond acceptors (Lipinski definition) is 3. The topological polar surface area (TPSA) is 58.4 Å². The average molecular weight is 289 g/mol. The summed E-state index contributed by atoms with van der Waals surface area (Å²) in [6, 6.07) is 10.5. The summed E-state index contributed by atoms with van der Waals surface area (Å²) < 4.78 is 0. The van der Waals surface area contributed by atoms with Gasteiger partial charge in [0.15, 0.2) is 0 Å². The molecule has 4 nitrogen and oxygen atoms in total. The van der Waals surface area contributed by atoms with E-state index in [4.69, 9.17) is 5.73 Å². The Hall–Kier alpha value is -1.39. The number of nitrogens with one attached hydrogen (secondary N) is 1. The van der Waals surface area contributed by atoms with Gasteiger partial charge in [-0.05, 0) is 30.9 Å². The molecular formula is C17H27N3O. The van der Waals surface area contributed by atoms with Crippen molar-refractivity contribution >= 4 is 5.91 Å². The van der Waals surface area contributed by atoms with E-state index in [0.29, 0.717) is 12.6 Å². The molecule has 1 fully saturated rings. The fraction of sp³-hybridized carbons (Fsp3) is 0.588. The maximum Gasteiger partial charge on any atom is 0.237 e. The van der Waals surface area contributed by atoms with Crippen molar-refractivity contribution < 1.29 is 4.79 Å². The van der Waals surface area contributed by atoms with Crippen LogP contribution in [0, 0.1) is 5.92 Å². The molecule has 1 amide bonds. The molecule has 0 bridgehead atoms. The van der Waals surface area contributed by atoms with Crippen molar-refractivity contribution in [2.75, 3.05) is 13.1 Å². The lowest BCUT2D eigenvalue weighted by molar-refractivity contribution is -0.123. The van der Waals surface area contributed by atoms with Gasteiger partial charge in [-0.25, -0.2) is 0 Å². The van der Waals surface area contributed by atoms with E-state index in [2.05, 4.69) is 34.5 Å². The SMILES string of the molecule is CC(C)C(N)C(=O)NC[C@@H]1CCCN1Cc1ccccc1. The second-order valence-electron chi connectivity index (χ2n) is 6.27. The Labute approximate surface area is 127 Å². The molecule has 2 atom stereocenters. The predicted molar refractivity (Wildman–Crippen MR) is 85.7 cm³/mol. The van der Waals surface area contributed by atoms with Gasteiger partial charge in [-0.2, -0.15) is 0 Å². The van der Waals surface area contributed by atoms with Gasteiger partial charge in [0, 0.05) is 19.1 Å². The molecule has 3 N–H and O–H groups in total. The Kier molecular flexibility index (Phi) is 5.76. The standard InChI is InChI=1S/C17H27N3O/c1-13(2)16(18)17(21)19-11-15-9-6-10-20(15)12-14-7-4-3-5-8-14/h3-5,7-8,13,15-16H,6,9-12,18H2,1-2H3,(H,19,21)/t15-,16?/m0/s1. The molecule has 1 aromatic rings. The fourth-order valence-electron chi connectivity index (χ4n) is 2.79. The van der Waals surface area contributed by atoms with Gasteiger partial charge in [0.2, 0.25) is 5.91 Å². The van der Waals surface area contributed by atoms with E-state index in [1.165, 1.54) is 12.0 Å². The van der Waals surface area contributed by atoms with Gasteiger partial charge >= 0.3 is 0 Å². The van der Waals surface area contributed by atoms with Crippen molar-refractivity contribution in [2.24, 2.45) is 11.7 Å². The van der Waals surface area contributed by atoms with Crippen LogP contribution in [0.5, 0.6) is 0 Å². The molecule has 0 saturated carbocycles. The van der Waals surface area contributed by atoms with Crippen LogP contribution in [-0.2, 0) is 11.3 Å². The lowest BCUT2D eigenvalue weighted by atomic mass is 10.0. The Balaban J connectivity index is 1.83. The lowest BCUT2D eigenvalue weighted by Crippen LogP contribution is -2.48. The highest BCUT2D eigenvalue weighted by atomic mass is 16.2. The Morgan fingerprint density at radius 1 is 1.38 bits per heavy atom. The third-order valence-corrected chi connectivity index (χ3v) is 4.26. The number of nitrogens with zero attached hydrogens (tertiary/aromatic N) is 1. The van der Waals surface area contributed by atoms with Crippen LogP contribution in [0.4, 0.5) is 0 Å². The first-order valence-corrected chi connectivity index (χ1v) is 7.89. The van der Waals surface area contributed by atoms with Crippen LogP contribution in [-0.4, -0.2) is 36.0 Å². The van der Waals surface area contributed by atoms with Crippen molar-refractivity contribution in [3.8, 4) is 0 Å². The zero-order valence-electron chi connectivity index (χ0n) is 13.1. The molecule has 0 spiro atoms. The summed E-state index contributed by atoms with van der Waals surface area (Å²) in [6.45, 7) is 6.71. The fourth-order valence-corrected chi connectivity index (χ4v) is 2.79. The van der Waals surface area contributed by atoms with E-state index in [1.807, 2.05) is 19.9 Å². The number of hydrogen-bond donors (Lipinski definition) is 2. The normalized spacial score (nSPS) is 20.7. The van der Waals surface area contributed by atoms with Crippen LogP contribution in [0.2, 0.25) is 0 Å². The summed E-state index contributed by atoms with van der Waals surface area (Å²) in [5.41, 5.74) is 7.21. The van der Waals surface area contributed by atoms with Crippen LogP contribution in [0.3, 0.4) is 0 Å². The number of nitrogens with two attached hydrogens (primary N) is 1. The summed E-state index contributed by atoms with van der Waals surface area (Å²) in [4.78, 5) is 14.4. The van der Waals surface area contributed by atoms with Gasteiger partial charge in [-0.3, -0.25) is 9.69 Å². The molecule has 0 radical (unpaired) electrons. The molecule has 1 aliphatic heterocycles. The minimum Gasteiger partial charge on any atom is -0.353 e. The first-order valence-electron chi connectivity index (χ1n) is 7.89. The van der Waals surface area contributed by atoms with Gasteiger partial charge in [0.05, 0.1) is 6.04 Å². The highest BCUT2D eigenvalue weighted by molar-refractivity contribution is 5.81. The molecule has 0 aromatic heterocycles. The molecule has 1 aromatic carbocycles. The van der Waals surface area contributed by atoms with Gasteiger partial charge in [0.25, 0.3) is 0 Å². The van der Waals surface area contributed by atoms with Crippen LogP contribution < -0.4 is 11.1 Å². The molecule has 1 aliphatic rings. The van der Waals surface area contributed by atoms with Crippen LogP contribution in [0.25, 0.3) is 0 Å². The summed E-state index contributed by atoms with van der Waals surface area (Å²) in [5, 5.41) is 3.02. The highest BCUT2D eigenvalue weighted by Crippen LogP contribution is 2.19. The van der Waals surface area contributed by atoms with E-state index < -0.39 is 6.04 Å². The smallest absolute Gasteiger partial charge is 0.237 e. The maximum atomic E-state index is 12.0. The summed E-state index contributed by atoms with van der Waals surface area (Å²) in [6.07, 6.45) is 2.34. The molecule has 4 heteroatoms. The number of rotatable bonds is 6. The summed E-state index contributed by atoms with van der Waals surface area (Å²) >= 11 is 0. The number of amides is 1. The second-order valence-corrected chi connectivity index (χ2v) is 6.27. The van der Waals surface area contributed by atoms with Gasteiger partial charge in [0.1, 0.15) is 0 Å². The van der Waals surface area contributed by atoms with Gasteiger partial charge in [-0.1, -0.05) is 44.2 Å². The number of benzene rings is 1. The molecule has 116 valence electrons. The van der Waals surface area contributed by atoms with Crippen molar-refractivity contribution in [1.29, 1.82) is 0 Å². The van der Waals surface area contributed by atoms with Crippen LogP contribution in [0.1, 0.15) is 32.3 Å². The monoisotopic (exact) mass is 289 g/mol. The van der Waals surface area contributed by atoms with Crippen molar-refractivity contribution in [2.45, 2.75) is 45.3 Å². The minimum absolute atomic E-state index is 0.0310. The molecule has 2 rings (SSSR count). The Morgan fingerprint density at radius 3 is 2.76 bits per heavy atom. The Bertz CT molecular complexity index is 447. The van der Waals surface area contributed by atoms with E-state index >= 15 is 0 Å². The van der Waals surface area contributed by atoms with Gasteiger partial charge < -0.3 is 11.1 Å². The highest BCUT2D eigenvalue weighted by Gasteiger charge is 2.26. The van der Waals surface area contributed by atoms with Gasteiger partial charge in [-0.15, -0.1) is 0 Å². The molecule has 21 heavy (non-hydrogen) atoms. The van der Waals surface area contributed by atoms with E-state index in [-0.39, 0.29) is 11.8 Å². The van der Waals surface area contributed by atoms with Crippen molar-refractivity contribution in [3.05, 3.63) is 35.9 Å². The Morgan fingerprint density at radius 2 is 2.10 bits per heavy atom. The third-order valence-electron chi connectivity index (χ3n) is 4.26.